The van der Waals surface area contributed by atoms with Crippen LogP contribution in [0, 0.1) is 6.92 Å². The number of ether oxygens (including phenoxy) is 3. The number of hydrogen-bond donors (Lipinski definition) is 0. The van der Waals surface area contributed by atoms with Gasteiger partial charge in [0, 0.05) is 12.2 Å². The third kappa shape index (κ3) is 4.26. The van der Waals surface area contributed by atoms with Crippen LogP contribution in [-0.2, 0) is 0 Å². The van der Waals surface area contributed by atoms with Crippen LogP contribution in [0.25, 0.3) is 11.1 Å². The molecule has 0 saturated carbocycles. The predicted octanol–water partition coefficient (Wildman–Crippen LogP) is 5.06. The molecule has 1 unspecified atom stereocenters. The summed E-state index contributed by atoms with van der Waals surface area (Å²) in [5.74, 6) is 1.91. The van der Waals surface area contributed by atoms with E-state index in [-0.39, 0.29) is 11.9 Å². The summed E-state index contributed by atoms with van der Waals surface area (Å²) >= 11 is 0. The van der Waals surface area contributed by atoms with E-state index >= 15 is 0 Å². The van der Waals surface area contributed by atoms with Crippen molar-refractivity contribution in [3.8, 4) is 28.4 Å². The number of amides is 1. The Balaban J connectivity index is 1.68. The maximum atomic E-state index is 13.5. The fourth-order valence-electron chi connectivity index (χ4n) is 4.27. The van der Waals surface area contributed by atoms with Crippen molar-refractivity contribution >= 4 is 5.91 Å². The molecule has 2 aromatic carbocycles. The van der Waals surface area contributed by atoms with Crippen LogP contribution in [0.5, 0.6) is 17.2 Å². The molecule has 166 valence electrons. The Hall–Kier alpha value is -3.54. The highest BCUT2D eigenvalue weighted by molar-refractivity contribution is 5.97. The molecule has 1 saturated heterocycles. The first-order valence-corrected chi connectivity index (χ1v) is 10.7. The quantitative estimate of drug-likeness (QED) is 0.545. The minimum atomic E-state index is -0.0877. The summed E-state index contributed by atoms with van der Waals surface area (Å²) in [6, 6.07) is 17.3. The van der Waals surface area contributed by atoms with Crippen LogP contribution in [0.2, 0.25) is 0 Å². The van der Waals surface area contributed by atoms with Gasteiger partial charge in [-0.3, -0.25) is 9.78 Å². The number of benzene rings is 2. The number of pyridine rings is 1. The maximum absolute atomic E-state index is 13.5. The van der Waals surface area contributed by atoms with E-state index in [1.54, 1.807) is 39.5 Å². The number of nitrogens with zero attached hydrogens (tertiary/aromatic N) is 2. The minimum absolute atomic E-state index is 0.0717. The molecule has 0 spiro atoms. The molecule has 0 bridgehead atoms. The van der Waals surface area contributed by atoms with Crippen LogP contribution in [0.1, 0.15) is 40.6 Å². The largest absolute Gasteiger partial charge is 0.497 e. The SMILES string of the molecule is COc1ccc(-c2cc(C)nc(C3CCCN3C(=O)c3cc(OC)ccc3OC)c2)cc1. The number of aryl methyl sites for hydroxylation is 1. The summed E-state index contributed by atoms with van der Waals surface area (Å²) in [5, 5.41) is 0. The zero-order valence-electron chi connectivity index (χ0n) is 18.9. The first-order chi connectivity index (χ1) is 15.5. The zero-order valence-corrected chi connectivity index (χ0v) is 18.9. The average Bonchev–Trinajstić information content (AvgIpc) is 3.33. The summed E-state index contributed by atoms with van der Waals surface area (Å²) < 4.78 is 16.1. The van der Waals surface area contributed by atoms with Crippen molar-refractivity contribution in [2.45, 2.75) is 25.8 Å². The van der Waals surface area contributed by atoms with Crippen molar-refractivity contribution < 1.29 is 19.0 Å². The number of carbonyl (C=O) groups excluding carboxylic acids is 1. The van der Waals surface area contributed by atoms with E-state index in [0.717, 1.165) is 41.1 Å². The first-order valence-electron chi connectivity index (χ1n) is 10.7. The van der Waals surface area contributed by atoms with Crippen molar-refractivity contribution in [1.82, 2.24) is 9.88 Å². The number of methoxy groups -OCH3 is 3. The van der Waals surface area contributed by atoms with Gasteiger partial charge in [0.2, 0.25) is 0 Å². The van der Waals surface area contributed by atoms with Gasteiger partial charge in [-0.2, -0.15) is 0 Å². The second-order valence-corrected chi connectivity index (χ2v) is 7.87. The van der Waals surface area contributed by atoms with Crippen LogP contribution >= 0.6 is 0 Å². The molecular weight excluding hydrogens is 404 g/mol. The van der Waals surface area contributed by atoms with E-state index in [1.807, 2.05) is 36.1 Å². The molecule has 6 nitrogen and oxygen atoms in total. The van der Waals surface area contributed by atoms with Gasteiger partial charge < -0.3 is 19.1 Å². The van der Waals surface area contributed by atoms with Gasteiger partial charge in [0.1, 0.15) is 17.2 Å². The number of rotatable bonds is 6. The maximum Gasteiger partial charge on any atom is 0.258 e. The van der Waals surface area contributed by atoms with Gasteiger partial charge in [-0.1, -0.05) is 12.1 Å². The fraction of sp³-hybridized carbons (Fsp3) is 0.308. The van der Waals surface area contributed by atoms with Crippen molar-refractivity contribution in [2.24, 2.45) is 0 Å². The van der Waals surface area contributed by atoms with Crippen molar-refractivity contribution in [1.29, 1.82) is 0 Å². The molecule has 3 aromatic rings. The lowest BCUT2D eigenvalue weighted by Gasteiger charge is -2.26. The number of likely N-dealkylation sites (tertiary alicyclic amines) is 1. The van der Waals surface area contributed by atoms with Crippen LogP contribution in [0.3, 0.4) is 0 Å². The van der Waals surface area contributed by atoms with Gasteiger partial charge in [0.05, 0.1) is 38.6 Å². The van der Waals surface area contributed by atoms with Gasteiger partial charge in [-0.15, -0.1) is 0 Å². The van der Waals surface area contributed by atoms with E-state index in [4.69, 9.17) is 19.2 Å². The molecule has 1 amide bonds. The molecule has 1 fully saturated rings. The average molecular weight is 433 g/mol. The van der Waals surface area contributed by atoms with Crippen molar-refractivity contribution in [2.75, 3.05) is 27.9 Å². The Kier molecular flexibility index (Phi) is 6.30. The van der Waals surface area contributed by atoms with Crippen molar-refractivity contribution in [3.63, 3.8) is 0 Å². The summed E-state index contributed by atoms with van der Waals surface area (Å²) in [5.41, 5.74) is 4.49. The lowest BCUT2D eigenvalue weighted by Crippen LogP contribution is -2.31. The molecule has 1 atom stereocenters. The first kappa shape index (κ1) is 21.7. The van der Waals surface area contributed by atoms with Gasteiger partial charge in [0.15, 0.2) is 0 Å². The highest BCUT2D eigenvalue weighted by atomic mass is 16.5. The summed E-state index contributed by atoms with van der Waals surface area (Å²) in [4.78, 5) is 20.2. The molecule has 0 aliphatic carbocycles. The van der Waals surface area contributed by atoms with E-state index in [2.05, 4.69) is 12.1 Å². The minimum Gasteiger partial charge on any atom is -0.497 e. The molecule has 1 aliphatic heterocycles. The smallest absolute Gasteiger partial charge is 0.258 e. The van der Waals surface area contributed by atoms with E-state index in [1.165, 1.54) is 0 Å². The van der Waals surface area contributed by atoms with Crippen LogP contribution in [0.4, 0.5) is 0 Å². The predicted molar refractivity (Wildman–Crippen MR) is 124 cm³/mol. The van der Waals surface area contributed by atoms with E-state index in [0.29, 0.717) is 23.6 Å². The normalized spacial score (nSPS) is 15.5. The lowest BCUT2D eigenvalue weighted by molar-refractivity contribution is 0.0729. The molecule has 2 heterocycles. The second-order valence-electron chi connectivity index (χ2n) is 7.87. The number of carbonyl (C=O) groups is 1. The van der Waals surface area contributed by atoms with Gasteiger partial charge in [-0.25, -0.2) is 0 Å². The molecule has 4 rings (SSSR count). The highest BCUT2D eigenvalue weighted by Gasteiger charge is 2.33. The third-order valence-corrected chi connectivity index (χ3v) is 5.89. The van der Waals surface area contributed by atoms with Gasteiger partial charge in [0.25, 0.3) is 5.91 Å². The molecule has 0 radical (unpaired) electrons. The topological polar surface area (TPSA) is 60.9 Å². The Morgan fingerprint density at radius 1 is 0.906 bits per heavy atom. The van der Waals surface area contributed by atoms with Gasteiger partial charge in [-0.05, 0) is 73.4 Å². The molecular formula is C26H28N2O4. The molecule has 6 heteroatoms. The fourth-order valence-corrected chi connectivity index (χ4v) is 4.27. The second kappa shape index (κ2) is 9.30. The number of hydrogen-bond acceptors (Lipinski definition) is 5. The molecule has 1 aromatic heterocycles. The molecule has 32 heavy (non-hydrogen) atoms. The Morgan fingerprint density at radius 2 is 1.62 bits per heavy atom. The third-order valence-electron chi connectivity index (χ3n) is 5.89. The molecule has 1 aliphatic rings. The van der Waals surface area contributed by atoms with E-state index < -0.39 is 0 Å². The summed E-state index contributed by atoms with van der Waals surface area (Å²) in [6.07, 6.45) is 1.80. The summed E-state index contributed by atoms with van der Waals surface area (Å²) in [6.45, 7) is 2.67. The standard InChI is InChI=1S/C26H28N2O4/c1-17-14-19(18-7-9-20(30-2)10-8-18)15-23(27-17)24-6-5-13-28(24)26(29)22-16-21(31-3)11-12-25(22)32-4/h7-12,14-16,24H,5-6,13H2,1-4H3. The molecule has 0 N–H and O–H groups in total. The zero-order chi connectivity index (χ0) is 22.7. The van der Waals surface area contributed by atoms with Crippen molar-refractivity contribution in [3.05, 3.63) is 71.5 Å². The van der Waals surface area contributed by atoms with E-state index in [9.17, 15) is 4.79 Å². The van der Waals surface area contributed by atoms with Gasteiger partial charge >= 0.3 is 0 Å². The lowest BCUT2D eigenvalue weighted by atomic mass is 10.0. The summed E-state index contributed by atoms with van der Waals surface area (Å²) in [7, 11) is 4.82. The van der Waals surface area contributed by atoms with Crippen LogP contribution < -0.4 is 14.2 Å². The highest BCUT2D eigenvalue weighted by Crippen LogP contribution is 2.36. The Morgan fingerprint density at radius 3 is 2.31 bits per heavy atom. The van der Waals surface area contributed by atoms with Crippen LogP contribution in [0.15, 0.2) is 54.6 Å². The monoisotopic (exact) mass is 432 g/mol. The Bertz CT molecular complexity index is 1110. The number of aromatic nitrogens is 1. The Labute approximate surface area is 188 Å². The van der Waals surface area contributed by atoms with Crippen LogP contribution in [-0.4, -0.2) is 43.7 Å².